The van der Waals surface area contributed by atoms with Crippen molar-refractivity contribution >= 4 is 11.9 Å². The molecule has 0 bridgehead atoms. The molecular formula is C20H29NO6. The Bertz CT molecular complexity index is 647. The highest BCUT2D eigenvalue weighted by Crippen LogP contribution is 2.31. The smallest absolute Gasteiger partial charge is 0.305 e. The molecule has 1 fully saturated rings. The zero-order chi connectivity index (χ0) is 19.8. The van der Waals surface area contributed by atoms with Gasteiger partial charge in [-0.15, -0.1) is 0 Å². The number of carbonyl (C=O) groups is 2. The van der Waals surface area contributed by atoms with Crippen LogP contribution in [0.5, 0.6) is 11.5 Å². The van der Waals surface area contributed by atoms with Gasteiger partial charge in [0, 0.05) is 0 Å². The summed E-state index contributed by atoms with van der Waals surface area (Å²) in [7, 11) is 3.03. The fraction of sp³-hybridized carbons (Fsp3) is 0.600. The third-order valence-electron chi connectivity index (χ3n) is 4.86. The number of nitrogens with one attached hydrogen (secondary N) is 1. The molecule has 7 heteroatoms. The van der Waals surface area contributed by atoms with Crippen molar-refractivity contribution in [1.82, 2.24) is 5.32 Å². The summed E-state index contributed by atoms with van der Waals surface area (Å²) in [6.07, 6.45) is 4.10. The minimum absolute atomic E-state index is 0.0687. The van der Waals surface area contributed by atoms with Crippen LogP contribution in [0.25, 0.3) is 0 Å². The van der Waals surface area contributed by atoms with Crippen molar-refractivity contribution in [2.75, 3.05) is 20.8 Å². The molecular weight excluding hydrogens is 350 g/mol. The van der Waals surface area contributed by atoms with Crippen molar-refractivity contribution in [3.63, 3.8) is 0 Å². The van der Waals surface area contributed by atoms with Crippen molar-refractivity contribution in [1.29, 1.82) is 0 Å². The number of ether oxygens (including phenoxy) is 3. The Balaban J connectivity index is 2.01. The van der Waals surface area contributed by atoms with Gasteiger partial charge in [0.1, 0.15) is 6.61 Å². The first-order valence-electron chi connectivity index (χ1n) is 9.27. The van der Waals surface area contributed by atoms with Gasteiger partial charge in [0.05, 0.1) is 32.8 Å². The minimum atomic E-state index is -1.00. The quantitative estimate of drug-likeness (QED) is 0.685. The number of aliphatic carboxylic acids is 1. The lowest BCUT2D eigenvalue weighted by molar-refractivity contribution is -0.138. The lowest BCUT2D eigenvalue weighted by Gasteiger charge is -2.27. The fourth-order valence-corrected chi connectivity index (χ4v) is 3.46. The van der Waals surface area contributed by atoms with E-state index in [0.29, 0.717) is 23.0 Å². The SMILES string of the molecule is COc1ccc([C@H](CC(=O)O)NC(=O)CO[C@H]2CCC[C@@H](C)C2)cc1OC. The Morgan fingerprint density at radius 3 is 2.59 bits per heavy atom. The van der Waals surface area contributed by atoms with Gasteiger partial charge >= 0.3 is 5.97 Å². The van der Waals surface area contributed by atoms with Crippen LogP contribution in [0.1, 0.15) is 50.6 Å². The minimum Gasteiger partial charge on any atom is -0.493 e. The summed E-state index contributed by atoms with van der Waals surface area (Å²) in [6, 6.07) is 4.41. The lowest BCUT2D eigenvalue weighted by atomic mass is 9.89. The summed E-state index contributed by atoms with van der Waals surface area (Å²) < 4.78 is 16.2. The van der Waals surface area contributed by atoms with Crippen LogP contribution in [0.15, 0.2) is 18.2 Å². The second kappa shape index (κ2) is 10.2. The van der Waals surface area contributed by atoms with Gasteiger partial charge in [-0.25, -0.2) is 0 Å². The van der Waals surface area contributed by atoms with E-state index in [-0.39, 0.29) is 25.0 Å². The normalized spacial score (nSPS) is 20.6. The number of carboxylic acid groups (broad SMARTS) is 1. The van der Waals surface area contributed by atoms with Gasteiger partial charge in [-0.05, 0) is 36.5 Å². The molecule has 0 heterocycles. The summed E-state index contributed by atoms with van der Waals surface area (Å²) in [5.74, 6) is 0.299. The largest absolute Gasteiger partial charge is 0.493 e. The lowest BCUT2D eigenvalue weighted by Crippen LogP contribution is -2.35. The van der Waals surface area contributed by atoms with Gasteiger partial charge in [-0.3, -0.25) is 9.59 Å². The van der Waals surface area contributed by atoms with Crippen molar-refractivity contribution in [2.24, 2.45) is 5.92 Å². The summed E-state index contributed by atoms with van der Waals surface area (Å²) in [5, 5.41) is 12.0. The van der Waals surface area contributed by atoms with Crippen molar-refractivity contribution in [3.05, 3.63) is 23.8 Å². The molecule has 150 valence electrons. The molecule has 0 radical (unpaired) electrons. The molecule has 1 amide bonds. The van der Waals surface area contributed by atoms with Crippen LogP contribution < -0.4 is 14.8 Å². The van der Waals surface area contributed by atoms with Crippen LogP contribution in [0.2, 0.25) is 0 Å². The molecule has 0 aromatic heterocycles. The van der Waals surface area contributed by atoms with E-state index in [2.05, 4.69) is 12.2 Å². The average Bonchev–Trinajstić information content (AvgIpc) is 2.65. The maximum atomic E-state index is 12.3. The van der Waals surface area contributed by atoms with E-state index in [9.17, 15) is 14.7 Å². The molecule has 0 saturated heterocycles. The monoisotopic (exact) mass is 379 g/mol. The van der Waals surface area contributed by atoms with Gasteiger partial charge in [0.15, 0.2) is 11.5 Å². The first kappa shape index (κ1) is 21.0. The van der Waals surface area contributed by atoms with E-state index in [1.165, 1.54) is 20.6 Å². The maximum Gasteiger partial charge on any atom is 0.305 e. The second-order valence-electron chi connectivity index (χ2n) is 7.04. The van der Waals surface area contributed by atoms with Gasteiger partial charge in [0.25, 0.3) is 0 Å². The number of carboxylic acids is 1. The van der Waals surface area contributed by atoms with Gasteiger partial charge in [-0.2, -0.15) is 0 Å². The zero-order valence-electron chi connectivity index (χ0n) is 16.2. The van der Waals surface area contributed by atoms with Crippen LogP contribution in [-0.4, -0.2) is 43.9 Å². The van der Waals surface area contributed by atoms with Crippen LogP contribution in [0.3, 0.4) is 0 Å². The number of amides is 1. The summed E-state index contributed by atoms with van der Waals surface area (Å²) in [5.41, 5.74) is 0.634. The molecule has 1 aromatic rings. The standard InChI is InChI=1S/C20H29NO6/c1-13-5-4-6-15(9-13)27-12-19(22)21-16(11-20(23)24)14-7-8-17(25-2)18(10-14)26-3/h7-8,10,13,15-16H,4-6,9,11-12H2,1-3H3,(H,21,22)(H,23,24)/t13-,15+,16+/m1/s1. The number of hydrogen-bond acceptors (Lipinski definition) is 5. The average molecular weight is 379 g/mol. The molecule has 1 aliphatic rings. The summed E-state index contributed by atoms with van der Waals surface area (Å²) >= 11 is 0. The van der Waals surface area contributed by atoms with Crippen LogP contribution in [-0.2, 0) is 14.3 Å². The molecule has 0 aliphatic heterocycles. The van der Waals surface area contributed by atoms with E-state index in [1.807, 2.05) is 0 Å². The van der Waals surface area contributed by atoms with Gasteiger partial charge in [-0.1, -0.05) is 25.8 Å². The third-order valence-corrected chi connectivity index (χ3v) is 4.86. The van der Waals surface area contributed by atoms with Crippen molar-refractivity contribution in [3.8, 4) is 11.5 Å². The highest BCUT2D eigenvalue weighted by molar-refractivity contribution is 5.79. The number of rotatable bonds is 9. The molecule has 7 nitrogen and oxygen atoms in total. The molecule has 0 spiro atoms. The topological polar surface area (TPSA) is 94.1 Å². The molecule has 3 atom stereocenters. The molecule has 1 aliphatic carbocycles. The fourth-order valence-electron chi connectivity index (χ4n) is 3.46. The zero-order valence-corrected chi connectivity index (χ0v) is 16.2. The van der Waals surface area contributed by atoms with E-state index in [1.54, 1.807) is 18.2 Å². The molecule has 1 saturated carbocycles. The van der Waals surface area contributed by atoms with E-state index in [0.717, 1.165) is 19.3 Å². The first-order chi connectivity index (χ1) is 12.9. The van der Waals surface area contributed by atoms with Gasteiger partial charge in [0.2, 0.25) is 5.91 Å². The second-order valence-corrected chi connectivity index (χ2v) is 7.04. The third kappa shape index (κ3) is 6.43. The summed E-state index contributed by atoms with van der Waals surface area (Å²) in [4.78, 5) is 23.6. The van der Waals surface area contributed by atoms with Crippen LogP contribution >= 0.6 is 0 Å². The number of methoxy groups -OCH3 is 2. The predicted octanol–water partition coefficient (Wildman–Crippen LogP) is 2.93. The van der Waals surface area contributed by atoms with Gasteiger partial charge < -0.3 is 24.6 Å². The molecule has 27 heavy (non-hydrogen) atoms. The Kier molecular flexibility index (Phi) is 7.91. The summed E-state index contributed by atoms with van der Waals surface area (Å²) in [6.45, 7) is 2.12. The molecule has 2 N–H and O–H groups in total. The highest BCUT2D eigenvalue weighted by atomic mass is 16.5. The van der Waals surface area contributed by atoms with E-state index < -0.39 is 12.0 Å². The van der Waals surface area contributed by atoms with E-state index in [4.69, 9.17) is 14.2 Å². The van der Waals surface area contributed by atoms with Crippen molar-refractivity contribution in [2.45, 2.75) is 51.2 Å². The Morgan fingerprint density at radius 2 is 1.96 bits per heavy atom. The number of carbonyl (C=O) groups excluding carboxylic acids is 1. The molecule has 0 unspecified atom stereocenters. The number of benzene rings is 1. The maximum absolute atomic E-state index is 12.3. The van der Waals surface area contributed by atoms with E-state index >= 15 is 0 Å². The molecule has 1 aromatic carbocycles. The van der Waals surface area contributed by atoms with Crippen molar-refractivity contribution < 1.29 is 28.9 Å². The Hall–Kier alpha value is -2.28. The highest BCUT2D eigenvalue weighted by Gasteiger charge is 2.23. The van der Waals surface area contributed by atoms with Crippen LogP contribution in [0, 0.1) is 5.92 Å². The number of hydrogen-bond donors (Lipinski definition) is 2. The first-order valence-corrected chi connectivity index (χ1v) is 9.27. The Labute approximate surface area is 160 Å². The Morgan fingerprint density at radius 1 is 1.22 bits per heavy atom. The van der Waals surface area contributed by atoms with Crippen LogP contribution in [0.4, 0.5) is 0 Å². The predicted molar refractivity (Wildman–Crippen MR) is 100 cm³/mol. The molecule has 2 rings (SSSR count).